The summed E-state index contributed by atoms with van der Waals surface area (Å²) in [5.41, 5.74) is 0.687. The fourth-order valence-corrected chi connectivity index (χ4v) is 6.04. The van der Waals surface area contributed by atoms with Crippen molar-refractivity contribution in [3.8, 4) is 5.75 Å². The number of amides is 2. The number of rotatable bonds is 10. The first-order valence-electron chi connectivity index (χ1n) is 12.4. The Labute approximate surface area is 266 Å². The van der Waals surface area contributed by atoms with Crippen LogP contribution in [-0.4, -0.2) is 29.5 Å². The van der Waals surface area contributed by atoms with Gasteiger partial charge in [0.1, 0.15) is 11.0 Å². The van der Waals surface area contributed by atoms with Crippen molar-refractivity contribution >= 4 is 87.3 Å². The van der Waals surface area contributed by atoms with Gasteiger partial charge in [-0.15, -0.1) is 11.8 Å². The van der Waals surface area contributed by atoms with Gasteiger partial charge in [-0.1, -0.05) is 82.8 Å². The molecule has 0 radical (unpaired) electrons. The van der Waals surface area contributed by atoms with Crippen molar-refractivity contribution in [3.63, 3.8) is 0 Å². The molecule has 0 heterocycles. The van der Waals surface area contributed by atoms with Crippen LogP contribution in [0.15, 0.2) is 83.8 Å². The molecule has 0 fully saturated rings. The van der Waals surface area contributed by atoms with E-state index in [0.717, 1.165) is 5.56 Å². The van der Waals surface area contributed by atoms with Gasteiger partial charge in [0.15, 0.2) is 0 Å². The molecule has 1 unspecified atom stereocenters. The number of hydrogen-bond acceptors (Lipinski definition) is 5. The summed E-state index contributed by atoms with van der Waals surface area (Å²) in [7, 11) is 0. The topological polar surface area (TPSA) is 105 Å². The van der Waals surface area contributed by atoms with Crippen LogP contribution in [0.2, 0.25) is 20.1 Å². The third-order valence-electron chi connectivity index (χ3n) is 5.83. The van der Waals surface area contributed by atoms with Gasteiger partial charge in [-0.3, -0.25) is 9.59 Å². The molecule has 0 bridgehead atoms. The van der Waals surface area contributed by atoms with Gasteiger partial charge in [0.25, 0.3) is 5.91 Å². The highest BCUT2D eigenvalue weighted by molar-refractivity contribution is 8.00. The molecule has 1 atom stereocenters. The summed E-state index contributed by atoms with van der Waals surface area (Å²) in [6, 6.07) is 23.0. The highest BCUT2D eigenvalue weighted by atomic mass is 35.5. The molecule has 12 heteroatoms. The van der Waals surface area contributed by atoms with Gasteiger partial charge in [-0.25, -0.2) is 4.79 Å². The van der Waals surface area contributed by atoms with E-state index in [4.69, 9.17) is 51.1 Å². The van der Waals surface area contributed by atoms with Crippen molar-refractivity contribution in [2.45, 2.75) is 17.1 Å². The minimum Gasteiger partial charge on any atom is -0.494 e. The lowest BCUT2D eigenvalue weighted by Crippen LogP contribution is -2.19. The second-order valence-corrected chi connectivity index (χ2v) is 11.3. The van der Waals surface area contributed by atoms with E-state index >= 15 is 0 Å². The van der Waals surface area contributed by atoms with E-state index in [9.17, 15) is 19.5 Å². The summed E-state index contributed by atoms with van der Waals surface area (Å²) in [4.78, 5) is 39.2. The number of ether oxygens (including phenoxy) is 1. The Hall–Kier alpha value is -3.40. The Bertz CT molecular complexity index is 1640. The Morgan fingerprint density at radius 1 is 0.786 bits per heavy atom. The van der Waals surface area contributed by atoms with E-state index in [1.807, 2.05) is 37.3 Å². The number of carbonyl (C=O) groups excluding carboxylic acids is 2. The molecule has 4 aromatic carbocycles. The molecule has 0 aliphatic rings. The molecule has 4 rings (SSSR count). The van der Waals surface area contributed by atoms with E-state index in [1.54, 1.807) is 48.5 Å². The number of nitrogens with one attached hydrogen (secondary N) is 2. The summed E-state index contributed by atoms with van der Waals surface area (Å²) in [6.45, 7) is 2.43. The molecule has 4 aromatic rings. The van der Waals surface area contributed by atoms with Crippen LogP contribution in [0.25, 0.3) is 0 Å². The van der Waals surface area contributed by atoms with Crippen molar-refractivity contribution in [3.05, 3.63) is 116 Å². The summed E-state index contributed by atoms with van der Waals surface area (Å²) in [5, 5.41) is 13.3. The van der Waals surface area contributed by atoms with Gasteiger partial charge in [0.05, 0.1) is 37.8 Å². The number of thioether (sulfide) groups is 1. The summed E-state index contributed by atoms with van der Waals surface area (Å²) in [5.74, 6) is -1.91. The van der Waals surface area contributed by atoms with Gasteiger partial charge in [-0.05, 0) is 55.0 Å². The highest BCUT2D eigenvalue weighted by Gasteiger charge is 2.29. The number of benzene rings is 4. The molecule has 0 saturated carbocycles. The van der Waals surface area contributed by atoms with Crippen molar-refractivity contribution in [1.82, 2.24) is 0 Å². The van der Waals surface area contributed by atoms with Gasteiger partial charge in [0.2, 0.25) is 5.91 Å². The summed E-state index contributed by atoms with van der Waals surface area (Å²) < 4.78 is 5.47. The maximum absolute atomic E-state index is 13.5. The van der Waals surface area contributed by atoms with Gasteiger partial charge in [-0.2, -0.15) is 0 Å². The van der Waals surface area contributed by atoms with E-state index in [-0.39, 0.29) is 21.0 Å². The lowest BCUT2D eigenvalue weighted by atomic mass is 10.1. The first-order chi connectivity index (χ1) is 20.1. The van der Waals surface area contributed by atoms with E-state index < -0.39 is 33.3 Å². The van der Waals surface area contributed by atoms with Crippen molar-refractivity contribution in [2.24, 2.45) is 0 Å². The number of carboxylic acid groups (broad SMARTS) is 1. The first-order valence-corrected chi connectivity index (χ1v) is 14.8. The summed E-state index contributed by atoms with van der Waals surface area (Å²) >= 11 is 25.7. The minimum atomic E-state index is -1.50. The van der Waals surface area contributed by atoms with Gasteiger partial charge < -0.3 is 20.5 Å². The van der Waals surface area contributed by atoms with Crippen LogP contribution in [0.3, 0.4) is 0 Å². The van der Waals surface area contributed by atoms with Gasteiger partial charge in [0, 0.05) is 16.3 Å². The van der Waals surface area contributed by atoms with Crippen molar-refractivity contribution in [2.75, 3.05) is 17.2 Å². The molecular weight excluding hydrogens is 642 g/mol. The Morgan fingerprint density at radius 2 is 1.43 bits per heavy atom. The SMILES string of the molecule is CCOc1ccc(NC(=O)C(Sc2cccc(NC(=O)c3c(Cl)c(Cl)c(Cl)c(Cl)c3C(=O)O)c2)c2ccccc2)cc1. The number of carboxylic acids is 1. The fourth-order valence-electron chi connectivity index (χ4n) is 3.93. The number of carbonyl (C=O) groups is 3. The average Bonchev–Trinajstić information content (AvgIpc) is 2.98. The first kappa shape index (κ1) is 31.5. The molecule has 2 amide bonds. The lowest BCUT2D eigenvalue weighted by Gasteiger charge is -2.18. The largest absolute Gasteiger partial charge is 0.494 e. The average molecular weight is 664 g/mol. The zero-order valence-electron chi connectivity index (χ0n) is 21.8. The van der Waals surface area contributed by atoms with Crippen LogP contribution in [0, 0.1) is 0 Å². The van der Waals surface area contributed by atoms with E-state index in [1.165, 1.54) is 11.8 Å². The van der Waals surface area contributed by atoms with Crippen LogP contribution in [0.5, 0.6) is 5.75 Å². The predicted octanol–water partition coefficient (Wildman–Crippen LogP) is 9.12. The molecule has 3 N–H and O–H groups in total. The number of anilines is 2. The minimum absolute atomic E-state index is 0.243. The maximum Gasteiger partial charge on any atom is 0.338 e. The molecule has 0 spiro atoms. The Morgan fingerprint density at radius 3 is 2.05 bits per heavy atom. The zero-order chi connectivity index (χ0) is 30.4. The van der Waals surface area contributed by atoms with Crippen LogP contribution in [0.1, 0.15) is 38.5 Å². The molecule has 216 valence electrons. The molecule has 0 saturated heterocycles. The molecule has 0 aliphatic carbocycles. The van der Waals surface area contributed by atoms with Crippen LogP contribution < -0.4 is 15.4 Å². The number of hydrogen-bond donors (Lipinski definition) is 3. The molecule has 7 nitrogen and oxygen atoms in total. The maximum atomic E-state index is 13.5. The van der Waals surface area contributed by atoms with E-state index in [2.05, 4.69) is 10.6 Å². The Balaban J connectivity index is 1.59. The quantitative estimate of drug-likeness (QED) is 0.0888. The summed E-state index contributed by atoms with van der Waals surface area (Å²) in [6.07, 6.45) is 0. The normalized spacial score (nSPS) is 11.5. The molecule has 0 aliphatic heterocycles. The molecule has 0 aromatic heterocycles. The fraction of sp³-hybridized carbons (Fsp3) is 0.100. The number of aromatic carboxylic acids is 1. The predicted molar refractivity (Wildman–Crippen MR) is 169 cm³/mol. The Kier molecular flexibility index (Phi) is 10.6. The van der Waals surface area contributed by atoms with Gasteiger partial charge >= 0.3 is 5.97 Å². The zero-order valence-corrected chi connectivity index (χ0v) is 25.6. The van der Waals surface area contributed by atoms with Crippen molar-refractivity contribution in [1.29, 1.82) is 0 Å². The van der Waals surface area contributed by atoms with E-state index in [0.29, 0.717) is 28.6 Å². The molecule has 42 heavy (non-hydrogen) atoms. The third-order valence-corrected chi connectivity index (χ3v) is 8.88. The second kappa shape index (κ2) is 14.2. The van der Waals surface area contributed by atoms with Crippen LogP contribution in [-0.2, 0) is 4.79 Å². The molecular formula is C30H22Cl4N2O5S. The smallest absolute Gasteiger partial charge is 0.338 e. The van der Waals surface area contributed by atoms with Crippen molar-refractivity contribution < 1.29 is 24.2 Å². The lowest BCUT2D eigenvalue weighted by molar-refractivity contribution is -0.115. The monoisotopic (exact) mass is 662 g/mol. The number of halogens is 4. The van der Waals surface area contributed by atoms with Crippen LogP contribution >= 0.6 is 58.2 Å². The van der Waals surface area contributed by atoms with Crippen LogP contribution in [0.4, 0.5) is 11.4 Å². The standard InChI is InChI=1S/C30H22Cl4N2O5S/c1-2-41-19-13-11-17(12-14-19)35-29(38)27(16-7-4-3-5-8-16)42-20-10-6-9-18(15-20)36-28(37)21-22(30(39)40)24(32)26(34)25(33)23(21)31/h3-15,27H,2H2,1H3,(H,35,38)(H,36,37)(H,39,40). The second-order valence-electron chi connectivity index (χ2n) is 8.65. The highest BCUT2D eigenvalue weighted by Crippen LogP contribution is 2.42. The third kappa shape index (κ3) is 7.32.